The lowest BCUT2D eigenvalue weighted by Crippen LogP contribution is -2.44. The summed E-state index contributed by atoms with van der Waals surface area (Å²) in [6.07, 6.45) is 5.06. The van der Waals surface area contributed by atoms with Crippen LogP contribution in [0.15, 0.2) is 24.3 Å². The molecule has 5 nitrogen and oxygen atoms in total. The van der Waals surface area contributed by atoms with Gasteiger partial charge in [0.1, 0.15) is 5.82 Å². The van der Waals surface area contributed by atoms with Crippen LogP contribution in [0.3, 0.4) is 0 Å². The average Bonchev–Trinajstić information content (AvgIpc) is 3.26. The first-order valence-corrected chi connectivity index (χ1v) is 9.20. The monoisotopic (exact) mass is 347 g/mol. The van der Waals surface area contributed by atoms with Gasteiger partial charge in [-0.1, -0.05) is 12.1 Å². The van der Waals surface area contributed by atoms with Crippen LogP contribution in [-0.2, 0) is 11.2 Å². The van der Waals surface area contributed by atoms with E-state index in [1.54, 1.807) is 6.07 Å². The van der Waals surface area contributed by atoms with Crippen molar-refractivity contribution in [2.75, 3.05) is 26.2 Å². The summed E-state index contributed by atoms with van der Waals surface area (Å²) in [6.45, 7) is 2.77. The van der Waals surface area contributed by atoms with Crippen molar-refractivity contribution in [3.63, 3.8) is 0 Å². The molecule has 2 fully saturated rings. The van der Waals surface area contributed by atoms with Crippen LogP contribution >= 0.6 is 0 Å². The molecule has 1 aromatic carbocycles. The van der Waals surface area contributed by atoms with Gasteiger partial charge in [-0.2, -0.15) is 0 Å². The maximum Gasteiger partial charge on any atom is 0.317 e. The third kappa shape index (κ3) is 4.71. The minimum absolute atomic E-state index is 0.0936. The lowest BCUT2D eigenvalue weighted by atomic mass is 10.0. The maximum atomic E-state index is 13.3. The number of benzene rings is 1. The molecule has 0 aromatic heterocycles. The molecule has 0 radical (unpaired) electrons. The van der Waals surface area contributed by atoms with Gasteiger partial charge in [-0.05, 0) is 49.8 Å². The van der Waals surface area contributed by atoms with Crippen LogP contribution in [-0.4, -0.2) is 54.0 Å². The van der Waals surface area contributed by atoms with Crippen LogP contribution in [0.1, 0.15) is 37.7 Å². The maximum absolute atomic E-state index is 13.3. The molecule has 6 heteroatoms. The number of amides is 3. The third-order valence-corrected chi connectivity index (χ3v) is 5.07. The summed E-state index contributed by atoms with van der Waals surface area (Å²) in [5, 5.41) is 2.87. The summed E-state index contributed by atoms with van der Waals surface area (Å²) < 4.78 is 13.3. The molecule has 2 saturated heterocycles. The number of likely N-dealkylation sites (tertiary alicyclic amines) is 2. The van der Waals surface area contributed by atoms with Gasteiger partial charge in [0.25, 0.3) is 0 Å². The van der Waals surface area contributed by atoms with Crippen molar-refractivity contribution in [1.29, 1.82) is 0 Å². The Morgan fingerprint density at radius 2 is 1.96 bits per heavy atom. The van der Waals surface area contributed by atoms with E-state index in [4.69, 9.17) is 0 Å². The highest BCUT2D eigenvalue weighted by Gasteiger charge is 2.29. The van der Waals surface area contributed by atoms with Gasteiger partial charge in [0.15, 0.2) is 0 Å². The summed E-state index contributed by atoms with van der Waals surface area (Å²) in [5.41, 5.74) is 0.911. The van der Waals surface area contributed by atoms with Crippen LogP contribution in [0, 0.1) is 5.82 Å². The highest BCUT2D eigenvalue weighted by atomic mass is 19.1. The third-order valence-electron chi connectivity index (χ3n) is 5.07. The van der Waals surface area contributed by atoms with Crippen molar-refractivity contribution in [3.8, 4) is 0 Å². The molecule has 2 aliphatic rings. The molecule has 3 amide bonds. The molecular formula is C19H26FN3O2. The molecule has 2 aliphatic heterocycles. The minimum atomic E-state index is -0.244. The zero-order chi connectivity index (χ0) is 17.6. The summed E-state index contributed by atoms with van der Waals surface area (Å²) in [5.74, 6) is -0.123. The fraction of sp³-hybridized carbons (Fsp3) is 0.579. The molecule has 1 N–H and O–H groups in total. The number of hydrogen-bond donors (Lipinski definition) is 1. The van der Waals surface area contributed by atoms with Gasteiger partial charge in [-0.15, -0.1) is 0 Å². The second kappa shape index (κ2) is 8.32. The minimum Gasteiger partial charge on any atom is -0.343 e. The van der Waals surface area contributed by atoms with Crippen LogP contribution < -0.4 is 5.32 Å². The van der Waals surface area contributed by atoms with Gasteiger partial charge in [-0.3, -0.25) is 4.79 Å². The van der Waals surface area contributed by atoms with Crippen LogP contribution in [0.5, 0.6) is 0 Å². The van der Waals surface area contributed by atoms with Crippen molar-refractivity contribution >= 4 is 11.9 Å². The molecule has 0 saturated carbocycles. The van der Waals surface area contributed by atoms with Crippen molar-refractivity contribution < 1.29 is 14.0 Å². The Morgan fingerprint density at radius 3 is 2.72 bits per heavy atom. The summed E-state index contributed by atoms with van der Waals surface area (Å²) >= 11 is 0. The Balaban J connectivity index is 1.46. The molecule has 0 bridgehead atoms. The van der Waals surface area contributed by atoms with Crippen LogP contribution in [0.25, 0.3) is 0 Å². The SMILES string of the molecule is O=C(CCNC(=O)N1CCCC1Cc1cccc(F)c1)N1CCCC1. The zero-order valence-corrected chi connectivity index (χ0v) is 14.5. The number of carbonyl (C=O) groups excluding carboxylic acids is 2. The van der Waals surface area contributed by atoms with E-state index in [-0.39, 0.29) is 23.8 Å². The molecule has 1 aromatic rings. The van der Waals surface area contributed by atoms with Crippen molar-refractivity contribution in [2.24, 2.45) is 0 Å². The molecule has 1 unspecified atom stereocenters. The van der Waals surface area contributed by atoms with E-state index in [1.165, 1.54) is 12.1 Å². The van der Waals surface area contributed by atoms with E-state index in [9.17, 15) is 14.0 Å². The number of carbonyl (C=O) groups is 2. The molecule has 2 heterocycles. The van der Waals surface area contributed by atoms with E-state index in [1.807, 2.05) is 15.9 Å². The second-order valence-electron chi connectivity index (χ2n) is 6.89. The number of hydrogen-bond acceptors (Lipinski definition) is 2. The lowest BCUT2D eigenvalue weighted by Gasteiger charge is -2.25. The summed E-state index contributed by atoms with van der Waals surface area (Å²) in [4.78, 5) is 28.1. The lowest BCUT2D eigenvalue weighted by molar-refractivity contribution is -0.129. The Bertz CT molecular complexity index is 616. The van der Waals surface area contributed by atoms with Gasteiger partial charge in [0.05, 0.1) is 0 Å². The number of rotatable bonds is 5. The first-order valence-electron chi connectivity index (χ1n) is 9.20. The van der Waals surface area contributed by atoms with Gasteiger partial charge < -0.3 is 15.1 Å². The quantitative estimate of drug-likeness (QED) is 0.890. The topological polar surface area (TPSA) is 52.7 Å². The zero-order valence-electron chi connectivity index (χ0n) is 14.5. The number of nitrogens with zero attached hydrogens (tertiary/aromatic N) is 2. The standard InChI is InChI=1S/C19H26FN3O2/c20-16-6-3-5-15(13-16)14-17-7-4-12-23(17)19(25)21-9-8-18(24)22-10-1-2-11-22/h3,5-6,13,17H,1-2,4,7-12,14H2,(H,21,25). The van der Waals surface area contributed by atoms with E-state index in [2.05, 4.69) is 5.32 Å². The van der Waals surface area contributed by atoms with Crippen molar-refractivity contribution in [2.45, 2.75) is 44.6 Å². The smallest absolute Gasteiger partial charge is 0.317 e. The number of urea groups is 1. The van der Waals surface area contributed by atoms with Crippen LogP contribution in [0.4, 0.5) is 9.18 Å². The van der Waals surface area contributed by atoms with Crippen molar-refractivity contribution in [3.05, 3.63) is 35.6 Å². The fourth-order valence-corrected chi connectivity index (χ4v) is 3.75. The normalized spacial score (nSPS) is 20.1. The molecular weight excluding hydrogens is 321 g/mol. The molecule has 136 valence electrons. The Morgan fingerprint density at radius 1 is 1.16 bits per heavy atom. The van der Waals surface area contributed by atoms with Crippen LogP contribution in [0.2, 0.25) is 0 Å². The Kier molecular flexibility index (Phi) is 5.89. The predicted octanol–water partition coefficient (Wildman–Crippen LogP) is 2.55. The molecule has 0 aliphatic carbocycles. The molecule has 1 atom stereocenters. The van der Waals surface area contributed by atoms with Crippen molar-refractivity contribution in [1.82, 2.24) is 15.1 Å². The van der Waals surface area contributed by atoms with E-state index < -0.39 is 0 Å². The largest absolute Gasteiger partial charge is 0.343 e. The summed E-state index contributed by atoms with van der Waals surface area (Å²) in [7, 11) is 0. The van der Waals surface area contributed by atoms with Gasteiger partial charge in [-0.25, -0.2) is 9.18 Å². The molecule has 3 rings (SSSR count). The summed E-state index contributed by atoms with van der Waals surface area (Å²) in [6, 6.07) is 6.53. The average molecular weight is 347 g/mol. The first-order chi connectivity index (χ1) is 12.1. The first kappa shape index (κ1) is 17.7. The second-order valence-corrected chi connectivity index (χ2v) is 6.89. The fourth-order valence-electron chi connectivity index (χ4n) is 3.75. The predicted molar refractivity (Wildman–Crippen MR) is 93.7 cm³/mol. The highest BCUT2D eigenvalue weighted by Crippen LogP contribution is 2.21. The van der Waals surface area contributed by atoms with E-state index in [0.29, 0.717) is 25.9 Å². The van der Waals surface area contributed by atoms with E-state index in [0.717, 1.165) is 44.3 Å². The Hall–Kier alpha value is -2.11. The molecule has 25 heavy (non-hydrogen) atoms. The molecule has 0 spiro atoms. The van der Waals surface area contributed by atoms with Gasteiger partial charge >= 0.3 is 6.03 Å². The highest BCUT2D eigenvalue weighted by molar-refractivity contribution is 5.78. The number of nitrogens with one attached hydrogen (secondary N) is 1. The van der Waals surface area contributed by atoms with Gasteiger partial charge in [0.2, 0.25) is 5.91 Å². The van der Waals surface area contributed by atoms with Gasteiger partial charge in [0, 0.05) is 38.6 Å². The number of halogens is 1. The van der Waals surface area contributed by atoms with E-state index >= 15 is 0 Å². The Labute approximate surface area is 148 Å².